The van der Waals surface area contributed by atoms with Gasteiger partial charge in [-0.3, -0.25) is 9.59 Å². The molecule has 2 N–H and O–H groups in total. The largest absolute Gasteiger partial charge is 0.326 e. The Morgan fingerprint density at radius 1 is 1.20 bits per heavy atom. The number of benzene rings is 1. The normalized spacial score (nSPS) is 32.6. The van der Waals surface area contributed by atoms with Crippen molar-refractivity contribution in [3.05, 3.63) is 30.1 Å². The fourth-order valence-electron chi connectivity index (χ4n) is 5.17. The van der Waals surface area contributed by atoms with Crippen LogP contribution in [0.25, 0.3) is 0 Å². The van der Waals surface area contributed by atoms with Crippen molar-refractivity contribution in [1.29, 1.82) is 5.26 Å². The van der Waals surface area contributed by atoms with E-state index in [0.29, 0.717) is 24.9 Å². The number of halogens is 2. The minimum Gasteiger partial charge on any atom is -0.326 e. The molecule has 2 atom stereocenters. The summed E-state index contributed by atoms with van der Waals surface area (Å²) in [6, 6.07) is 7.21. The number of nitrogens with zero attached hydrogens (tertiary/aromatic N) is 2. The van der Waals surface area contributed by atoms with Gasteiger partial charge < -0.3 is 15.5 Å². The Morgan fingerprint density at radius 3 is 2.53 bits per heavy atom. The number of carbonyl (C=O) groups is 2. The molecule has 4 fully saturated rings. The molecule has 30 heavy (non-hydrogen) atoms. The monoisotopic (exact) mass is 416 g/mol. The van der Waals surface area contributed by atoms with E-state index in [2.05, 4.69) is 10.6 Å². The third kappa shape index (κ3) is 3.91. The molecule has 0 spiro atoms. The van der Waals surface area contributed by atoms with Crippen molar-refractivity contribution >= 4 is 17.5 Å². The third-order valence-electron chi connectivity index (χ3n) is 7.14. The first-order valence-electron chi connectivity index (χ1n) is 10.5. The fourth-order valence-corrected chi connectivity index (χ4v) is 5.17. The molecule has 1 aromatic carbocycles. The molecule has 3 saturated carbocycles. The molecular formula is C22H26F2N4O2. The number of fused-ring (bicyclic) bond motifs is 3. The van der Waals surface area contributed by atoms with Crippen molar-refractivity contribution in [2.45, 2.75) is 62.7 Å². The molecule has 2 amide bonds. The van der Waals surface area contributed by atoms with E-state index in [1.54, 1.807) is 12.1 Å². The first-order valence-corrected chi connectivity index (χ1v) is 10.5. The highest BCUT2D eigenvalue weighted by atomic mass is 19.1. The summed E-state index contributed by atoms with van der Waals surface area (Å²) in [6.45, 7) is 0.0580. The zero-order chi connectivity index (χ0) is 21.4. The van der Waals surface area contributed by atoms with Crippen LogP contribution in [0, 0.1) is 22.6 Å². The van der Waals surface area contributed by atoms with Gasteiger partial charge in [-0.1, -0.05) is 6.07 Å². The van der Waals surface area contributed by atoms with Crippen LogP contribution in [-0.4, -0.2) is 47.6 Å². The van der Waals surface area contributed by atoms with Crippen LogP contribution in [0.3, 0.4) is 0 Å². The highest BCUT2D eigenvalue weighted by Crippen LogP contribution is 2.52. The van der Waals surface area contributed by atoms with Gasteiger partial charge in [0, 0.05) is 23.1 Å². The summed E-state index contributed by atoms with van der Waals surface area (Å²) in [5.41, 5.74) is -0.195. The average molecular weight is 416 g/mol. The van der Waals surface area contributed by atoms with Gasteiger partial charge >= 0.3 is 0 Å². The van der Waals surface area contributed by atoms with Crippen molar-refractivity contribution in [2.75, 3.05) is 18.4 Å². The number of nitriles is 1. The van der Waals surface area contributed by atoms with Crippen LogP contribution in [0.4, 0.5) is 14.5 Å². The maximum absolute atomic E-state index is 13.6. The molecule has 6 nitrogen and oxygen atoms in total. The number of carbonyl (C=O) groups excluding carboxylic acids is 2. The van der Waals surface area contributed by atoms with Gasteiger partial charge in [0.1, 0.15) is 18.0 Å². The second kappa shape index (κ2) is 7.95. The standard InChI is InChI=1S/C22H26F2N4O2/c23-15-2-1-3-17(10-15)27-20(30)21-4-7-22(8-5-21,9-6-21)26-13-19(29)28-14-16(24)11-18(28)12-25/h1-3,10,16,18,26H,4-9,11,13-14H2,(H,27,30). The number of hydrogen-bond donors (Lipinski definition) is 2. The molecule has 1 saturated heterocycles. The molecule has 1 heterocycles. The minimum absolute atomic E-state index is 0.0187. The molecular weight excluding hydrogens is 390 g/mol. The molecule has 3 aliphatic carbocycles. The Kier molecular flexibility index (Phi) is 5.49. The maximum atomic E-state index is 13.6. The van der Waals surface area contributed by atoms with Crippen molar-refractivity contribution in [1.82, 2.24) is 10.2 Å². The predicted octanol–water partition coefficient (Wildman–Crippen LogP) is 2.91. The van der Waals surface area contributed by atoms with E-state index < -0.39 is 17.6 Å². The van der Waals surface area contributed by atoms with Gasteiger partial charge in [-0.15, -0.1) is 0 Å². The first kappa shape index (κ1) is 20.7. The Labute approximate surface area is 174 Å². The van der Waals surface area contributed by atoms with Gasteiger partial charge in [0.2, 0.25) is 11.8 Å². The number of rotatable bonds is 5. The number of hydrogen-bond acceptors (Lipinski definition) is 4. The number of nitrogens with one attached hydrogen (secondary N) is 2. The predicted molar refractivity (Wildman–Crippen MR) is 107 cm³/mol. The Bertz CT molecular complexity index is 860. The lowest BCUT2D eigenvalue weighted by molar-refractivity contribution is -0.135. The van der Waals surface area contributed by atoms with Gasteiger partial charge in [0.25, 0.3) is 0 Å². The van der Waals surface area contributed by atoms with E-state index in [1.807, 2.05) is 6.07 Å². The van der Waals surface area contributed by atoms with E-state index in [4.69, 9.17) is 5.26 Å². The molecule has 4 aliphatic rings. The third-order valence-corrected chi connectivity index (χ3v) is 7.14. The molecule has 0 aromatic heterocycles. The summed E-state index contributed by atoms with van der Waals surface area (Å²) in [5.74, 6) is -0.705. The van der Waals surface area contributed by atoms with Crippen LogP contribution < -0.4 is 10.6 Å². The fraction of sp³-hybridized carbons (Fsp3) is 0.591. The zero-order valence-electron chi connectivity index (χ0n) is 16.8. The molecule has 0 radical (unpaired) electrons. The van der Waals surface area contributed by atoms with Crippen LogP contribution >= 0.6 is 0 Å². The number of amides is 2. The summed E-state index contributed by atoms with van der Waals surface area (Å²) in [6.07, 6.45) is 3.35. The Morgan fingerprint density at radius 2 is 1.90 bits per heavy atom. The lowest BCUT2D eigenvalue weighted by Gasteiger charge is -2.52. The second-order valence-electron chi connectivity index (χ2n) is 8.90. The van der Waals surface area contributed by atoms with Crippen LogP contribution in [0.2, 0.25) is 0 Å². The summed E-state index contributed by atoms with van der Waals surface area (Å²) in [4.78, 5) is 26.8. The van der Waals surface area contributed by atoms with Crippen LogP contribution in [0.15, 0.2) is 24.3 Å². The smallest absolute Gasteiger partial charge is 0.237 e. The van der Waals surface area contributed by atoms with Gasteiger partial charge in [-0.2, -0.15) is 5.26 Å². The van der Waals surface area contributed by atoms with E-state index in [1.165, 1.54) is 17.0 Å². The van der Waals surface area contributed by atoms with E-state index in [-0.39, 0.29) is 42.7 Å². The van der Waals surface area contributed by atoms with Crippen molar-refractivity contribution in [3.63, 3.8) is 0 Å². The minimum atomic E-state index is -1.14. The van der Waals surface area contributed by atoms with Crippen LogP contribution in [-0.2, 0) is 9.59 Å². The lowest BCUT2D eigenvalue weighted by Crippen LogP contribution is -2.59. The summed E-state index contributed by atoms with van der Waals surface area (Å²) in [5, 5.41) is 15.4. The molecule has 2 bridgehead atoms. The molecule has 1 aliphatic heterocycles. The van der Waals surface area contributed by atoms with Gasteiger partial charge in [0.05, 0.1) is 19.2 Å². The number of anilines is 1. The molecule has 1 aromatic rings. The van der Waals surface area contributed by atoms with Gasteiger partial charge in [-0.05, 0) is 56.7 Å². The van der Waals surface area contributed by atoms with Crippen molar-refractivity contribution in [3.8, 4) is 6.07 Å². The zero-order valence-corrected chi connectivity index (χ0v) is 16.8. The van der Waals surface area contributed by atoms with Crippen molar-refractivity contribution in [2.24, 2.45) is 5.41 Å². The van der Waals surface area contributed by atoms with Crippen LogP contribution in [0.5, 0.6) is 0 Å². The average Bonchev–Trinajstić information content (AvgIpc) is 3.14. The van der Waals surface area contributed by atoms with Crippen LogP contribution in [0.1, 0.15) is 44.9 Å². The lowest BCUT2D eigenvalue weighted by atomic mass is 9.57. The van der Waals surface area contributed by atoms with Gasteiger partial charge in [-0.25, -0.2) is 8.78 Å². The summed E-state index contributed by atoms with van der Waals surface area (Å²) >= 11 is 0. The van der Waals surface area contributed by atoms with E-state index >= 15 is 0 Å². The maximum Gasteiger partial charge on any atom is 0.237 e. The first-order chi connectivity index (χ1) is 14.3. The van der Waals surface area contributed by atoms with E-state index in [0.717, 1.165) is 19.3 Å². The second-order valence-corrected chi connectivity index (χ2v) is 8.90. The SMILES string of the molecule is N#CC1CC(F)CN1C(=O)CNC12CCC(C(=O)Nc3cccc(F)c3)(CC1)CC2. The molecule has 8 heteroatoms. The number of likely N-dealkylation sites (tertiary alicyclic amines) is 1. The summed E-state index contributed by atoms with van der Waals surface area (Å²) in [7, 11) is 0. The quantitative estimate of drug-likeness (QED) is 0.773. The molecule has 2 unspecified atom stereocenters. The van der Waals surface area contributed by atoms with E-state index in [9.17, 15) is 18.4 Å². The van der Waals surface area contributed by atoms with Gasteiger partial charge in [0.15, 0.2) is 0 Å². The topological polar surface area (TPSA) is 85.2 Å². The molecule has 5 rings (SSSR count). The highest BCUT2D eigenvalue weighted by molar-refractivity contribution is 5.95. The number of alkyl halides is 1. The highest BCUT2D eigenvalue weighted by Gasteiger charge is 2.52. The van der Waals surface area contributed by atoms with Crippen molar-refractivity contribution < 1.29 is 18.4 Å². The molecule has 160 valence electrons. The Hall–Kier alpha value is -2.53. The Balaban J connectivity index is 1.33. The summed E-state index contributed by atoms with van der Waals surface area (Å²) < 4.78 is 27.0.